The first-order valence-electron chi connectivity index (χ1n) is 7.27. The molecule has 0 aliphatic heterocycles. The lowest BCUT2D eigenvalue weighted by Gasteiger charge is -2.12. The third-order valence-corrected chi connectivity index (χ3v) is 3.18. The van der Waals surface area contributed by atoms with Gasteiger partial charge in [0.2, 0.25) is 0 Å². The summed E-state index contributed by atoms with van der Waals surface area (Å²) in [4.78, 5) is 26.3. The van der Waals surface area contributed by atoms with E-state index in [0.29, 0.717) is 22.6 Å². The quantitative estimate of drug-likeness (QED) is 0.575. The smallest absolute Gasteiger partial charge is 0.272 e. The maximum Gasteiger partial charge on any atom is 0.272 e. The fraction of sp³-hybridized carbons (Fsp3) is 0.176. The zero-order valence-electron chi connectivity index (χ0n) is 13.7. The minimum atomic E-state index is -1.33. The van der Waals surface area contributed by atoms with Gasteiger partial charge < -0.3 is 19.4 Å². The van der Waals surface area contributed by atoms with Crippen molar-refractivity contribution in [2.75, 3.05) is 13.7 Å². The normalized spacial score (nSPS) is 10.9. The maximum atomic E-state index is 11.9. The van der Waals surface area contributed by atoms with Gasteiger partial charge in [-0.25, -0.2) is 5.43 Å². The fourth-order valence-corrected chi connectivity index (χ4v) is 1.91. The van der Waals surface area contributed by atoms with Gasteiger partial charge in [-0.3, -0.25) is 9.78 Å². The van der Waals surface area contributed by atoms with Gasteiger partial charge in [0.05, 0.1) is 24.4 Å². The molecular formula is C17H16N3O5-. The second kappa shape index (κ2) is 8.44. The molecule has 25 heavy (non-hydrogen) atoms. The van der Waals surface area contributed by atoms with Gasteiger partial charge in [-0.05, 0) is 37.3 Å². The summed E-state index contributed by atoms with van der Waals surface area (Å²) in [5, 5.41) is 14.5. The largest absolute Gasteiger partial charge is 0.546 e. The molecule has 0 radical (unpaired) electrons. The van der Waals surface area contributed by atoms with Gasteiger partial charge in [-0.15, -0.1) is 0 Å². The first-order valence-corrected chi connectivity index (χ1v) is 7.27. The summed E-state index contributed by atoms with van der Waals surface area (Å²) in [5.41, 5.74) is 4.03. The number of hydrogen-bond acceptors (Lipinski definition) is 7. The molecule has 0 aliphatic carbocycles. The highest BCUT2D eigenvalue weighted by molar-refractivity contribution is 6.01. The number of aromatic nitrogens is 1. The van der Waals surface area contributed by atoms with Crippen molar-refractivity contribution < 1.29 is 24.2 Å². The molecule has 0 spiro atoms. The number of pyridine rings is 1. The monoisotopic (exact) mass is 342 g/mol. The van der Waals surface area contributed by atoms with E-state index in [4.69, 9.17) is 9.47 Å². The van der Waals surface area contributed by atoms with Gasteiger partial charge in [0, 0.05) is 18.0 Å². The molecule has 1 aromatic carbocycles. The Bertz CT molecular complexity index is 790. The molecule has 1 heterocycles. The van der Waals surface area contributed by atoms with Crippen LogP contribution < -0.4 is 20.0 Å². The second-order valence-corrected chi connectivity index (χ2v) is 4.91. The fourth-order valence-electron chi connectivity index (χ4n) is 1.91. The van der Waals surface area contributed by atoms with Crippen LogP contribution in [0.2, 0.25) is 0 Å². The van der Waals surface area contributed by atoms with E-state index >= 15 is 0 Å². The van der Waals surface area contributed by atoms with Crippen LogP contribution >= 0.6 is 0 Å². The van der Waals surface area contributed by atoms with Gasteiger partial charge in [0.25, 0.3) is 5.91 Å². The number of hydrazone groups is 1. The topological polar surface area (TPSA) is 113 Å². The minimum absolute atomic E-state index is 0.266. The summed E-state index contributed by atoms with van der Waals surface area (Å²) in [6, 6.07) is 8.13. The highest BCUT2D eigenvalue weighted by Gasteiger charge is 2.09. The van der Waals surface area contributed by atoms with Gasteiger partial charge >= 0.3 is 0 Å². The van der Waals surface area contributed by atoms with Crippen LogP contribution in [-0.2, 0) is 4.79 Å². The van der Waals surface area contributed by atoms with Crippen LogP contribution in [-0.4, -0.2) is 36.3 Å². The van der Waals surface area contributed by atoms with E-state index in [1.165, 1.54) is 13.3 Å². The Balaban J connectivity index is 2.11. The first-order chi connectivity index (χ1) is 12.0. The number of carbonyl (C=O) groups is 2. The summed E-state index contributed by atoms with van der Waals surface area (Å²) in [6.45, 7) is 1.13. The number of rotatable bonds is 7. The number of carboxylic acid groups (broad SMARTS) is 1. The lowest BCUT2D eigenvalue weighted by atomic mass is 10.1. The molecule has 8 heteroatoms. The third-order valence-electron chi connectivity index (χ3n) is 3.18. The molecule has 130 valence electrons. The van der Waals surface area contributed by atoms with Crippen molar-refractivity contribution in [1.29, 1.82) is 0 Å². The zero-order valence-corrected chi connectivity index (χ0v) is 13.7. The molecule has 0 saturated heterocycles. The molecule has 0 aliphatic rings. The van der Waals surface area contributed by atoms with Crippen molar-refractivity contribution in [2.45, 2.75) is 6.92 Å². The number of nitrogens with zero attached hydrogens (tertiary/aromatic N) is 2. The Labute approximate surface area is 144 Å². The summed E-state index contributed by atoms with van der Waals surface area (Å²) < 4.78 is 10.3. The number of carboxylic acids is 1. The molecule has 0 fully saturated rings. The highest BCUT2D eigenvalue weighted by Crippen LogP contribution is 2.28. The molecule has 0 atom stereocenters. The van der Waals surface area contributed by atoms with E-state index in [1.54, 1.807) is 43.5 Å². The van der Waals surface area contributed by atoms with E-state index in [2.05, 4.69) is 15.5 Å². The zero-order chi connectivity index (χ0) is 18.2. The van der Waals surface area contributed by atoms with E-state index in [1.807, 2.05) is 0 Å². The number of aliphatic carboxylic acids is 1. The number of ether oxygens (including phenoxy) is 2. The highest BCUT2D eigenvalue weighted by atomic mass is 16.5. The third kappa shape index (κ3) is 5.03. The summed E-state index contributed by atoms with van der Waals surface area (Å²) in [7, 11) is 1.43. The molecule has 1 aromatic heterocycles. The summed E-state index contributed by atoms with van der Waals surface area (Å²) in [6.07, 6.45) is 3.01. The summed E-state index contributed by atoms with van der Waals surface area (Å²) >= 11 is 0. The number of nitrogens with one attached hydrogen (secondary N) is 1. The van der Waals surface area contributed by atoms with E-state index in [9.17, 15) is 14.7 Å². The van der Waals surface area contributed by atoms with Crippen LogP contribution in [0.1, 0.15) is 22.8 Å². The molecular weight excluding hydrogens is 326 g/mol. The SMILES string of the molecule is COc1cc(/C(C)=N\NC(=O)c2cccnc2)ccc1OCC(=O)[O-]. The average Bonchev–Trinajstić information content (AvgIpc) is 2.64. The van der Waals surface area contributed by atoms with E-state index in [0.717, 1.165) is 0 Å². The Morgan fingerprint density at radius 2 is 2.04 bits per heavy atom. The van der Waals surface area contributed by atoms with E-state index in [-0.39, 0.29) is 11.7 Å². The molecule has 1 N–H and O–H groups in total. The van der Waals surface area contributed by atoms with E-state index < -0.39 is 12.6 Å². The van der Waals surface area contributed by atoms with Gasteiger partial charge in [0.15, 0.2) is 11.5 Å². The van der Waals surface area contributed by atoms with Gasteiger partial charge in [-0.2, -0.15) is 5.10 Å². The molecule has 2 aromatic rings. The van der Waals surface area contributed by atoms with Crippen LogP contribution in [0.5, 0.6) is 11.5 Å². The number of benzene rings is 1. The molecule has 8 nitrogen and oxygen atoms in total. The minimum Gasteiger partial charge on any atom is -0.546 e. The lowest BCUT2D eigenvalue weighted by Crippen LogP contribution is -2.29. The van der Waals surface area contributed by atoms with Crippen molar-refractivity contribution in [3.8, 4) is 11.5 Å². The Morgan fingerprint density at radius 1 is 1.24 bits per heavy atom. The van der Waals surface area contributed by atoms with Crippen molar-refractivity contribution >= 4 is 17.6 Å². The van der Waals surface area contributed by atoms with Crippen molar-refractivity contribution in [3.63, 3.8) is 0 Å². The summed E-state index contributed by atoms with van der Waals surface area (Å²) in [5.74, 6) is -1.11. The Kier molecular flexibility index (Phi) is 6.05. The van der Waals surface area contributed by atoms with Gasteiger partial charge in [-0.1, -0.05) is 0 Å². The van der Waals surface area contributed by atoms with Crippen LogP contribution in [0.25, 0.3) is 0 Å². The number of carbonyl (C=O) groups excluding carboxylic acids is 2. The molecule has 2 rings (SSSR count). The number of methoxy groups -OCH3 is 1. The second-order valence-electron chi connectivity index (χ2n) is 4.91. The van der Waals surface area contributed by atoms with Crippen LogP contribution in [0.15, 0.2) is 47.8 Å². The Hall–Kier alpha value is -3.42. The molecule has 0 bridgehead atoms. The predicted octanol–water partition coefficient (Wildman–Crippen LogP) is 0.373. The number of hydrogen-bond donors (Lipinski definition) is 1. The van der Waals surface area contributed by atoms with Crippen molar-refractivity contribution in [1.82, 2.24) is 10.4 Å². The van der Waals surface area contributed by atoms with Gasteiger partial charge in [0.1, 0.15) is 6.61 Å². The predicted molar refractivity (Wildman–Crippen MR) is 87.4 cm³/mol. The molecule has 0 unspecified atom stereocenters. The average molecular weight is 342 g/mol. The van der Waals surface area contributed by atoms with Crippen LogP contribution in [0.4, 0.5) is 0 Å². The van der Waals surface area contributed by atoms with Crippen molar-refractivity contribution in [3.05, 3.63) is 53.9 Å². The number of amides is 1. The Morgan fingerprint density at radius 3 is 2.68 bits per heavy atom. The molecule has 0 saturated carbocycles. The first kappa shape index (κ1) is 17.9. The van der Waals surface area contributed by atoms with Crippen LogP contribution in [0.3, 0.4) is 0 Å². The molecule has 1 amide bonds. The van der Waals surface area contributed by atoms with Crippen LogP contribution in [0, 0.1) is 0 Å². The maximum absolute atomic E-state index is 11.9. The van der Waals surface area contributed by atoms with Crippen molar-refractivity contribution in [2.24, 2.45) is 5.10 Å². The lowest BCUT2D eigenvalue weighted by molar-refractivity contribution is -0.307. The standard InChI is InChI=1S/C17H17N3O5/c1-11(19-20-17(23)13-4-3-7-18-9-13)12-5-6-14(15(8-12)24-2)25-10-16(21)22/h3-9H,10H2,1-2H3,(H,20,23)(H,21,22)/p-1/b19-11-.